The topological polar surface area (TPSA) is 81.0 Å². The lowest BCUT2D eigenvalue weighted by atomic mass is 10.3. The van der Waals surface area contributed by atoms with Crippen LogP contribution in [-0.4, -0.2) is 23.9 Å². The van der Waals surface area contributed by atoms with E-state index >= 15 is 0 Å². The Morgan fingerprint density at radius 2 is 1.88 bits per heavy atom. The number of nitrogens with zero attached hydrogens (tertiary/aromatic N) is 3. The van der Waals surface area contributed by atoms with Gasteiger partial charge in [0, 0.05) is 13.1 Å². The lowest BCUT2D eigenvalue weighted by molar-refractivity contribution is 0.0729. The van der Waals surface area contributed by atoms with Gasteiger partial charge in [-0.25, -0.2) is 0 Å². The summed E-state index contributed by atoms with van der Waals surface area (Å²) in [6.07, 6.45) is 0.494. The van der Waals surface area contributed by atoms with Crippen molar-refractivity contribution in [1.29, 1.82) is 10.5 Å². The van der Waals surface area contributed by atoms with Gasteiger partial charge in [-0.05, 0) is 19.1 Å². The number of rotatable bonds is 5. The van der Waals surface area contributed by atoms with Crippen LogP contribution in [0.5, 0.6) is 0 Å². The molecule has 88 valence electrons. The van der Waals surface area contributed by atoms with E-state index in [1.54, 1.807) is 19.1 Å². The summed E-state index contributed by atoms with van der Waals surface area (Å²) in [5.74, 6) is 0.635. The maximum Gasteiger partial charge on any atom is 0.289 e. The van der Waals surface area contributed by atoms with E-state index in [1.807, 2.05) is 12.1 Å². The van der Waals surface area contributed by atoms with Crippen LogP contribution in [0.1, 0.15) is 29.2 Å². The summed E-state index contributed by atoms with van der Waals surface area (Å²) in [5.41, 5.74) is 0. The number of nitriles is 2. The molecule has 0 atom stereocenters. The third-order valence-corrected chi connectivity index (χ3v) is 2.23. The Morgan fingerprint density at radius 1 is 1.29 bits per heavy atom. The molecule has 0 aliphatic rings. The minimum atomic E-state index is -0.274. The SMILES string of the molecule is Cc1ccc(C(=O)N(CCC#N)CCC#N)o1. The number of carbonyl (C=O) groups excluding carboxylic acids is 1. The predicted octanol–water partition coefficient (Wildman–Crippen LogP) is 1.86. The van der Waals surface area contributed by atoms with E-state index in [0.717, 1.165) is 0 Å². The molecule has 1 rings (SSSR count). The zero-order valence-corrected chi connectivity index (χ0v) is 9.64. The van der Waals surface area contributed by atoms with E-state index < -0.39 is 0 Å². The van der Waals surface area contributed by atoms with Gasteiger partial charge in [-0.2, -0.15) is 10.5 Å². The van der Waals surface area contributed by atoms with Crippen molar-refractivity contribution in [2.24, 2.45) is 0 Å². The highest BCUT2D eigenvalue weighted by Gasteiger charge is 2.18. The smallest absolute Gasteiger partial charge is 0.289 e. The van der Waals surface area contributed by atoms with Gasteiger partial charge in [0.2, 0.25) is 0 Å². The number of amides is 1. The molecule has 1 amide bonds. The van der Waals surface area contributed by atoms with Gasteiger partial charge in [-0.1, -0.05) is 0 Å². The summed E-state index contributed by atoms with van der Waals surface area (Å²) in [6, 6.07) is 7.27. The molecule has 0 radical (unpaired) electrons. The third-order valence-electron chi connectivity index (χ3n) is 2.23. The van der Waals surface area contributed by atoms with Crippen molar-refractivity contribution in [2.75, 3.05) is 13.1 Å². The van der Waals surface area contributed by atoms with Gasteiger partial charge in [0.1, 0.15) is 5.76 Å². The zero-order valence-electron chi connectivity index (χ0n) is 9.64. The Kier molecular flexibility index (Phi) is 4.77. The monoisotopic (exact) mass is 231 g/mol. The molecular weight excluding hydrogens is 218 g/mol. The highest BCUT2D eigenvalue weighted by molar-refractivity contribution is 5.91. The Labute approximate surface area is 99.9 Å². The first kappa shape index (κ1) is 12.8. The van der Waals surface area contributed by atoms with Crippen molar-refractivity contribution in [3.05, 3.63) is 23.7 Å². The van der Waals surface area contributed by atoms with E-state index in [1.165, 1.54) is 4.90 Å². The van der Waals surface area contributed by atoms with Crippen LogP contribution < -0.4 is 0 Å². The van der Waals surface area contributed by atoms with Crippen LogP contribution in [0, 0.1) is 29.6 Å². The molecule has 0 saturated heterocycles. The maximum atomic E-state index is 12.0. The molecule has 0 saturated carbocycles. The van der Waals surface area contributed by atoms with Gasteiger partial charge in [0.05, 0.1) is 25.0 Å². The van der Waals surface area contributed by atoms with E-state index in [-0.39, 0.29) is 24.5 Å². The average Bonchev–Trinajstić information content (AvgIpc) is 2.75. The molecule has 1 aromatic rings. The minimum Gasteiger partial charge on any atom is -0.456 e. The van der Waals surface area contributed by atoms with Gasteiger partial charge in [-0.15, -0.1) is 0 Å². The summed E-state index contributed by atoms with van der Waals surface area (Å²) < 4.78 is 5.23. The molecule has 0 N–H and O–H groups in total. The molecule has 0 fully saturated rings. The van der Waals surface area contributed by atoms with Crippen LogP contribution in [0.4, 0.5) is 0 Å². The van der Waals surface area contributed by atoms with E-state index in [4.69, 9.17) is 14.9 Å². The fourth-order valence-electron chi connectivity index (χ4n) is 1.39. The van der Waals surface area contributed by atoms with Crippen molar-refractivity contribution in [3.8, 4) is 12.1 Å². The second-order valence-electron chi connectivity index (χ2n) is 3.52. The van der Waals surface area contributed by atoms with Gasteiger partial charge >= 0.3 is 0 Å². The van der Waals surface area contributed by atoms with Crippen molar-refractivity contribution in [2.45, 2.75) is 19.8 Å². The lowest BCUT2D eigenvalue weighted by Gasteiger charge is -2.18. The van der Waals surface area contributed by atoms with Gasteiger partial charge in [0.25, 0.3) is 5.91 Å². The highest BCUT2D eigenvalue weighted by atomic mass is 16.3. The van der Waals surface area contributed by atoms with Crippen LogP contribution in [-0.2, 0) is 0 Å². The molecule has 17 heavy (non-hydrogen) atoms. The van der Waals surface area contributed by atoms with E-state index in [9.17, 15) is 4.79 Å². The molecule has 5 heteroatoms. The van der Waals surface area contributed by atoms with Gasteiger partial charge in [0.15, 0.2) is 5.76 Å². The lowest BCUT2D eigenvalue weighted by Crippen LogP contribution is -2.32. The van der Waals surface area contributed by atoms with Crippen molar-refractivity contribution >= 4 is 5.91 Å². The number of carbonyl (C=O) groups is 1. The minimum absolute atomic E-state index is 0.247. The number of furan rings is 1. The average molecular weight is 231 g/mol. The second-order valence-corrected chi connectivity index (χ2v) is 3.52. The Bertz CT molecular complexity index is 447. The maximum absolute atomic E-state index is 12.0. The summed E-state index contributed by atoms with van der Waals surface area (Å²) in [6.45, 7) is 2.39. The first-order chi connectivity index (χ1) is 8.19. The molecule has 5 nitrogen and oxygen atoms in total. The Balaban J connectivity index is 2.72. The van der Waals surface area contributed by atoms with Crippen LogP contribution in [0.3, 0.4) is 0 Å². The van der Waals surface area contributed by atoms with Gasteiger partial charge < -0.3 is 9.32 Å². The van der Waals surface area contributed by atoms with E-state index in [0.29, 0.717) is 18.8 Å². The van der Waals surface area contributed by atoms with Gasteiger partial charge in [-0.3, -0.25) is 4.79 Å². The van der Waals surface area contributed by atoms with Crippen LogP contribution in [0.15, 0.2) is 16.5 Å². The van der Waals surface area contributed by atoms with Crippen LogP contribution >= 0.6 is 0 Å². The molecule has 1 heterocycles. The predicted molar refractivity (Wildman–Crippen MR) is 59.8 cm³/mol. The van der Waals surface area contributed by atoms with Crippen molar-refractivity contribution < 1.29 is 9.21 Å². The first-order valence-corrected chi connectivity index (χ1v) is 5.28. The molecule has 0 bridgehead atoms. The van der Waals surface area contributed by atoms with E-state index in [2.05, 4.69) is 0 Å². The molecule has 0 aromatic carbocycles. The first-order valence-electron chi connectivity index (χ1n) is 5.28. The molecular formula is C12H13N3O2. The Hall–Kier alpha value is -2.27. The normalized spacial score (nSPS) is 9.35. The second kappa shape index (κ2) is 6.34. The number of aryl methyl sites for hydroxylation is 1. The summed E-state index contributed by atoms with van der Waals surface area (Å²) in [4.78, 5) is 13.4. The van der Waals surface area contributed by atoms with Crippen LogP contribution in [0.25, 0.3) is 0 Å². The summed E-state index contributed by atoms with van der Waals surface area (Å²) in [5, 5.41) is 17.0. The van der Waals surface area contributed by atoms with Crippen molar-refractivity contribution in [1.82, 2.24) is 4.90 Å². The molecule has 0 aliphatic heterocycles. The molecule has 0 aliphatic carbocycles. The molecule has 0 spiro atoms. The summed E-state index contributed by atoms with van der Waals surface area (Å²) >= 11 is 0. The zero-order chi connectivity index (χ0) is 12.7. The highest BCUT2D eigenvalue weighted by Crippen LogP contribution is 2.10. The Morgan fingerprint density at radius 3 is 2.29 bits per heavy atom. The molecule has 1 aromatic heterocycles. The quantitative estimate of drug-likeness (QED) is 0.774. The fourth-order valence-corrected chi connectivity index (χ4v) is 1.39. The van der Waals surface area contributed by atoms with Crippen molar-refractivity contribution in [3.63, 3.8) is 0 Å². The number of hydrogen-bond donors (Lipinski definition) is 0. The number of hydrogen-bond acceptors (Lipinski definition) is 4. The summed E-state index contributed by atoms with van der Waals surface area (Å²) in [7, 11) is 0. The standard InChI is InChI=1S/C12H13N3O2/c1-10-4-5-11(17-10)12(16)15(8-2-6-13)9-3-7-14/h4-5H,2-3,8-9H2,1H3. The largest absolute Gasteiger partial charge is 0.456 e. The fraction of sp³-hybridized carbons (Fsp3) is 0.417. The third kappa shape index (κ3) is 3.66. The molecule has 0 unspecified atom stereocenters. The van der Waals surface area contributed by atoms with Crippen LogP contribution in [0.2, 0.25) is 0 Å².